The fourth-order valence-corrected chi connectivity index (χ4v) is 2.76. The van der Waals surface area contributed by atoms with E-state index in [1.165, 1.54) is 0 Å². The van der Waals surface area contributed by atoms with E-state index in [4.69, 9.17) is 24.4 Å². The first-order chi connectivity index (χ1) is 9.10. The van der Waals surface area contributed by atoms with Crippen molar-refractivity contribution < 1.29 is 0 Å². The van der Waals surface area contributed by atoms with Crippen LogP contribution in [0.3, 0.4) is 0 Å². The Balaban J connectivity index is 2.42. The van der Waals surface area contributed by atoms with E-state index in [1.807, 2.05) is 0 Å². The zero-order valence-electron chi connectivity index (χ0n) is 12.2. The number of nitrogens with zero attached hydrogens (tertiary/aromatic N) is 2. The second-order valence-corrected chi connectivity index (χ2v) is 5.73. The summed E-state index contributed by atoms with van der Waals surface area (Å²) in [5, 5.41) is 8.34. The van der Waals surface area contributed by atoms with E-state index in [-0.39, 0.29) is 0 Å². The molecule has 1 fully saturated rings. The first-order valence-electron chi connectivity index (χ1n) is 7.17. The molecule has 6 heteroatoms. The van der Waals surface area contributed by atoms with Gasteiger partial charge in [0.05, 0.1) is 0 Å². The zero-order chi connectivity index (χ0) is 14.3. The van der Waals surface area contributed by atoms with E-state index in [2.05, 4.69) is 41.2 Å². The molecule has 0 spiro atoms. The highest BCUT2D eigenvalue weighted by atomic mass is 32.1. The largest absolute Gasteiger partial charge is 0.363 e. The topological polar surface area (TPSA) is 30.5 Å². The molecular formula is C13H26N4S2. The number of nitrogens with one attached hydrogen (secondary N) is 2. The van der Waals surface area contributed by atoms with Crippen molar-refractivity contribution >= 4 is 34.7 Å². The molecule has 4 nitrogen and oxygen atoms in total. The third-order valence-electron chi connectivity index (χ3n) is 3.23. The van der Waals surface area contributed by atoms with Crippen molar-refractivity contribution in [3.05, 3.63) is 0 Å². The van der Waals surface area contributed by atoms with Crippen molar-refractivity contribution in [3.8, 4) is 0 Å². The summed E-state index contributed by atoms with van der Waals surface area (Å²) in [5.41, 5.74) is 0. The Kier molecular flexibility index (Phi) is 7.38. The molecule has 0 bridgehead atoms. The number of hydrogen-bond donors (Lipinski definition) is 2. The Bertz CT molecular complexity index is 309. The van der Waals surface area contributed by atoms with Gasteiger partial charge in [-0.05, 0) is 44.2 Å². The Labute approximate surface area is 127 Å². The number of thiocarbonyl (C=S) groups is 2. The van der Waals surface area contributed by atoms with E-state index in [9.17, 15) is 0 Å². The number of hydrogen-bond acceptors (Lipinski definition) is 2. The van der Waals surface area contributed by atoms with Gasteiger partial charge in [-0.25, -0.2) is 0 Å². The molecule has 1 atom stereocenters. The summed E-state index contributed by atoms with van der Waals surface area (Å²) in [7, 11) is 0. The summed E-state index contributed by atoms with van der Waals surface area (Å²) in [6, 6.07) is 0.395. The van der Waals surface area contributed by atoms with Gasteiger partial charge in [-0.3, -0.25) is 0 Å². The van der Waals surface area contributed by atoms with Gasteiger partial charge in [0.1, 0.15) is 0 Å². The van der Waals surface area contributed by atoms with Gasteiger partial charge in [-0.2, -0.15) is 0 Å². The van der Waals surface area contributed by atoms with Crippen molar-refractivity contribution in [1.82, 2.24) is 20.4 Å². The SMILES string of the molecule is CCCNC(=S)N1CCN(C(=S)NCCC)[C@H](C)C1. The minimum atomic E-state index is 0.395. The lowest BCUT2D eigenvalue weighted by Gasteiger charge is -2.42. The maximum Gasteiger partial charge on any atom is 0.169 e. The third-order valence-corrected chi connectivity index (χ3v) is 4.01. The van der Waals surface area contributed by atoms with E-state index in [0.29, 0.717) is 6.04 Å². The van der Waals surface area contributed by atoms with Crippen molar-refractivity contribution in [3.63, 3.8) is 0 Å². The lowest BCUT2D eigenvalue weighted by atomic mass is 10.2. The first-order valence-corrected chi connectivity index (χ1v) is 7.99. The average molecular weight is 303 g/mol. The molecule has 0 aromatic rings. The molecule has 0 amide bonds. The highest BCUT2D eigenvalue weighted by Crippen LogP contribution is 2.10. The second kappa shape index (κ2) is 8.53. The molecule has 1 rings (SSSR count). The maximum atomic E-state index is 5.44. The summed E-state index contributed by atoms with van der Waals surface area (Å²) in [5.74, 6) is 0. The summed E-state index contributed by atoms with van der Waals surface area (Å²) in [4.78, 5) is 4.51. The fourth-order valence-electron chi connectivity index (χ4n) is 2.12. The highest BCUT2D eigenvalue weighted by molar-refractivity contribution is 7.80. The summed E-state index contributed by atoms with van der Waals surface area (Å²) >= 11 is 10.9. The van der Waals surface area contributed by atoms with Crippen molar-refractivity contribution in [2.24, 2.45) is 0 Å². The van der Waals surface area contributed by atoms with Crippen LogP contribution in [0, 0.1) is 0 Å². The van der Waals surface area contributed by atoms with Crippen molar-refractivity contribution in [1.29, 1.82) is 0 Å². The second-order valence-electron chi connectivity index (χ2n) is 4.95. The Morgan fingerprint density at radius 1 is 1.05 bits per heavy atom. The molecular weight excluding hydrogens is 276 g/mol. The van der Waals surface area contributed by atoms with Gasteiger partial charge in [0.25, 0.3) is 0 Å². The molecule has 0 radical (unpaired) electrons. The zero-order valence-corrected chi connectivity index (χ0v) is 13.9. The quantitative estimate of drug-likeness (QED) is 0.767. The van der Waals surface area contributed by atoms with Crippen LogP contribution in [-0.4, -0.2) is 58.8 Å². The molecule has 0 aromatic carbocycles. The Morgan fingerprint density at radius 2 is 1.63 bits per heavy atom. The van der Waals surface area contributed by atoms with Crippen LogP contribution in [0.5, 0.6) is 0 Å². The standard InChI is InChI=1S/C13H26N4S2/c1-4-6-14-12(18)16-8-9-17(11(3)10-16)13(19)15-7-5-2/h11H,4-10H2,1-3H3,(H,14,18)(H,15,19)/t11-/m1/s1. The summed E-state index contributed by atoms with van der Waals surface area (Å²) in [6.45, 7) is 11.2. The van der Waals surface area contributed by atoms with Gasteiger partial charge in [-0.1, -0.05) is 13.8 Å². The number of piperazine rings is 1. The third kappa shape index (κ3) is 5.10. The molecule has 0 aliphatic carbocycles. The van der Waals surface area contributed by atoms with Crippen LogP contribution >= 0.6 is 24.4 Å². The van der Waals surface area contributed by atoms with Crippen LogP contribution in [0.15, 0.2) is 0 Å². The average Bonchev–Trinajstić information content (AvgIpc) is 2.41. The molecule has 0 aromatic heterocycles. The normalized spacial score (nSPS) is 19.2. The molecule has 1 aliphatic rings. The van der Waals surface area contributed by atoms with Crippen LogP contribution in [0.2, 0.25) is 0 Å². The summed E-state index contributed by atoms with van der Waals surface area (Å²) < 4.78 is 0. The van der Waals surface area contributed by atoms with Gasteiger partial charge in [0.15, 0.2) is 10.2 Å². The van der Waals surface area contributed by atoms with Gasteiger partial charge >= 0.3 is 0 Å². The van der Waals surface area contributed by atoms with Crippen LogP contribution in [-0.2, 0) is 0 Å². The van der Waals surface area contributed by atoms with Gasteiger partial charge in [-0.15, -0.1) is 0 Å². The van der Waals surface area contributed by atoms with Gasteiger partial charge in [0, 0.05) is 38.8 Å². The van der Waals surface area contributed by atoms with E-state index >= 15 is 0 Å². The predicted octanol–water partition coefficient (Wildman–Crippen LogP) is 1.56. The van der Waals surface area contributed by atoms with E-state index < -0.39 is 0 Å². The smallest absolute Gasteiger partial charge is 0.169 e. The Hall–Kier alpha value is -0.620. The Morgan fingerprint density at radius 3 is 2.16 bits per heavy atom. The van der Waals surface area contributed by atoms with Gasteiger partial charge < -0.3 is 20.4 Å². The van der Waals surface area contributed by atoms with Crippen LogP contribution in [0.4, 0.5) is 0 Å². The van der Waals surface area contributed by atoms with Crippen LogP contribution in [0.1, 0.15) is 33.6 Å². The molecule has 0 saturated carbocycles. The van der Waals surface area contributed by atoms with Crippen molar-refractivity contribution in [2.45, 2.75) is 39.7 Å². The molecule has 1 aliphatic heterocycles. The molecule has 110 valence electrons. The molecule has 0 unspecified atom stereocenters. The molecule has 19 heavy (non-hydrogen) atoms. The maximum absolute atomic E-state index is 5.44. The van der Waals surface area contributed by atoms with Gasteiger partial charge in [0.2, 0.25) is 0 Å². The van der Waals surface area contributed by atoms with Crippen LogP contribution < -0.4 is 10.6 Å². The minimum Gasteiger partial charge on any atom is -0.363 e. The molecule has 1 heterocycles. The number of rotatable bonds is 4. The monoisotopic (exact) mass is 302 g/mol. The van der Waals surface area contributed by atoms with E-state index in [0.717, 1.165) is 55.8 Å². The minimum absolute atomic E-state index is 0.395. The van der Waals surface area contributed by atoms with Crippen LogP contribution in [0.25, 0.3) is 0 Å². The predicted molar refractivity (Wildman–Crippen MR) is 89.5 cm³/mol. The van der Waals surface area contributed by atoms with Crippen molar-refractivity contribution in [2.75, 3.05) is 32.7 Å². The van der Waals surface area contributed by atoms with E-state index in [1.54, 1.807) is 0 Å². The lowest BCUT2D eigenvalue weighted by molar-refractivity contribution is 0.193. The molecule has 2 N–H and O–H groups in total. The lowest BCUT2D eigenvalue weighted by Crippen LogP contribution is -2.59. The molecule has 1 saturated heterocycles. The summed E-state index contributed by atoms with van der Waals surface area (Å²) in [6.07, 6.45) is 2.19. The highest BCUT2D eigenvalue weighted by Gasteiger charge is 2.26. The first kappa shape index (κ1) is 16.4. The fraction of sp³-hybridized carbons (Fsp3) is 0.846.